The van der Waals surface area contributed by atoms with E-state index in [2.05, 4.69) is 20.3 Å². The molecule has 0 aliphatic carbocycles. The lowest BCUT2D eigenvalue weighted by molar-refractivity contribution is 0.0947. The average molecular weight is 411 g/mol. The zero-order chi connectivity index (χ0) is 19.5. The molecule has 4 rings (SSSR count). The standard InChI is InChI=1S/C21H16Cl2N4O/c22-13-5-6-14(18(23)9-13)16(11-27-21(28)20-12-24-7-8-25-20)17-10-26-19-4-2-1-3-15(17)19/h1-10,12,16,26H,11H2,(H,27,28). The second-order valence-electron chi connectivity index (χ2n) is 6.31. The number of fused-ring (bicyclic) bond motifs is 1. The first kappa shape index (κ1) is 18.5. The van der Waals surface area contributed by atoms with E-state index in [1.54, 1.807) is 12.1 Å². The van der Waals surface area contributed by atoms with Crippen molar-refractivity contribution in [1.82, 2.24) is 20.3 Å². The molecular formula is C21H16Cl2N4O. The Hall–Kier alpha value is -2.89. The van der Waals surface area contributed by atoms with Gasteiger partial charge in [0.2, 0.25) is 0 Å². The van der Waals surface area contributed by atoms with E-state index in [1.807, 2.05) is 36.5 Å². The first-order chi connectivity index (χ1) is 13.6. The molecule has 0 radical (unpaired) electrons. The van der Waals surface area contributed by atoms with Crippen LogP contribution in [0.2, 0.25) is 10.0 Å². The van der Waals surface area contributed by atoms with Crippen LogP contribution in [0, 0.1) is 0 Å². The predicted molar refractivity (Wildman–Crippen MR) is 111 cm³/mol. The molecule has 2 N–H and O–H groups in total. The van der Waals surface area contributed by atoms with E-state index in [4.69, 9.17) is 23.2 Å². The number of hydrogen-bond acceptors (Lipinski definition) is 3. The Morgan fingerprint density at radius 1 is 1.11 bits per heavy atom. The molecule has 1 amide bonds. The number of carbonyl (C=O) groups is 1. The minimum Gasteiger partial charge on any atom is -0.361 e. The fraction of sp³-hybridized carbons (Fsp3) is 0.0952. The summed E-state index contributed by atoms with van der Waals surface area (Å²) in [5, 5.41) is 5.14. The maximum absolute atomic E-state index is 12.5. The number of nitrogens with one attached hydrogen (secondary N) is 2. The van der Waals surface area contributed by atoms with Crippen LogP contribution in [0.5, 0.6) is 0 Å². The van der Waals surface area contributed by atoms with Crippen LogP contribution in [0.1, 0.15) is 27.5 Å². The number of amides is 1. The van der Waals surface area contributed by atoms with Gasteiger partial charge in [-0.25, -0.2) is 4.98 Å². The zero-order valence-corrected chi connectivity index (χ0v) is 16.2. The summed E-state index contributed by atoms with van der Waals surface area (Å²) in [6.45, 7) is 0.346. The van der Waals surface area contributed by atoms with Crippen molar-refractivity contribution >= 4 is 40.0 Å². The van der Waals surface area contributed by atoms with Crippen molar-refractivity contribution in [3.63, 3.8) is 0 Å². The molecule has 0 spiro atoms. The summed E-state index contributed by atoms with van der Waals surface area (Å²) in [5.41, 5.74) is 3.21. The highest BCUT2D eigenvalue weighted by Crippen LogP contribution is 2.35. The molecule has 0 aliphatic heterocycles. The molecule has 1 unspecified atom stereocenters. The van der Waals surface area contributed by atoms with E-state index in [-0.39, 0.29) is 17.5 Å². The van der Waals surface area contributed by atoms with Crippen LogP contribution in [0.25, 0.3) is 10.9 Å². The molecule has 0 aliphatic rings. The maximum atomic E-state index is 12.5. The third-order valence-electron chi connectivity index (χ3n) is 4.60. The lowest BCUT2D eigenvalue weighted by Crippen LogP contribution is -2.29. The molecule has 28 heavy (non-hydrogen) atoms. The zero-order valence-electron chi connectivity index (χ0n) is 14.7. The molecule has 140 valence electrons. The highest BCUT2D eigenvalue weighted by Gasteiger charge is 2.22. The number of benzene rings is 2. The van der Waals surface area contributed by atoms with Crippen LogP contribution in [-0.4, -0.2) is 27.4 Å². The predicted octanol–water partition coefficient (Wildman–Crippen LogP) is 4.83. The molecule has 0 bridgehead atoms. The minimum atomic E-state index is -0.289. The lowest BCUT2D eigenvalue weighted by Gasteiger charge is -2.19. The second-order valence-corrected chi connectivity index (χ2v) is 7.15. The summed E-state index contributed by atoms with van der Waals surface area (Å²) < 4.78 is 0. The van der Waals surface area contributed by atoms with E-state index in [0.717, 1.165) is 22.0 Å². The van der Waals surface area contributed by atoms with Gasteiger partial charge in [0.1, 0.15) is 5.69 Å². The number of nitrogens with zero attached hydrogens (tertiary/aromatic N) is 2. The summed E-state index contributed by atoms with van der Waals surface area (Å²) in [7, 11) is 0. The third-order valence-corrected chi connectivity index (χ3v) is 5.16. The Labute approximate surface area is 171 Å². The molecule has 2 aromatic carbocycles. The van der Waals surface area contributed by atoms with Gasteiger partial charge in [-0.05, 0) is 29.3 Å². The summed E-state index contributed by atoms with van der Waals surface area (Å²) >= 11 is 12.6. The number of para-hydroxylation sites is 1. The average Bonchev–Trinajstić information content (AvgIpc) is 3.14. The van der Waals surface area contributed by atoms with Gasteiger partial charge in [0.15, 0.2) is 0 Å². The number of halogens is 2. The number of aromatic nitrogens is 3. The summed E-state index contributed by atoms with van der Waals surface area (Å²) in [5.74, 6) is -0.454. The SMILES string of the molecule is O=C(NCC(c1ccc(Cl)cc1Cl)c1c[nH]c2ccccc12)c1cnccn1. The summed E-state index contributed by atoms with van der Waals surface area (Å²) in [6, 6.07) is 13.4. The molecule has 4 aromatic rings. The van der Waals surface area contributed by atoms with Crippen molar-refractivity contribution < 1.29 is 4.79 Å². The van der Waals surface area contributed by atoms with Crippen LogP contribution in [0.4, 0.5) is 0 Å². The van der Waals surface area contributed by atoms with Crippen LogP contribution in [0.3, 0.4) is 0 Å². The van der Waals surface area contributed by atoms with Crippen LogP contribution < -0.4 is 5.32 Å². The summed E-state index contributed by atoms with van der Waals surface area (Å²) in [4.78, 5) is 23.8. The monoisotopic (exact) mass is 410 g/mol. The molecular weight excluding hydrogens is 395 g/mol. The van der Waals surface area contributed by atoms with Crippen LogP contribution in [0.15, 0.2) is 67.3 Å². The molecule has 0 saturated heterocycles. The van der Waals surface area contributed by atoms with E-state index in [1.165, 1.54) is 18.6 Å². The number of carbonyl (C=O) groups excluding carboxylic acids is 1. The van der Waals surface area contributed by atoms with Gasteiger partial charge in [-0.3, -0.25) is 9.78 Å². The lowest BCUT2D eigenvalue weighted by atomic mass is 9.90. The topological polar surface area (TPSA) is 70.7 Å². The Morgan fingerprint density at radius 2 is 1.96 bits per heavy atom. The van der Waals surface area contributed by atoms with Crippen LogP contribution in [-0.2, 0) is 0 Å². The van der Waals surface area contributed by atoms with Gasteiger partial charge in [-0.2, -0.15) is 0 Å². The first-order valence-corrected chi connectivity index (χ1v) is 9.44. The van der Waals surface area contributed by atoms with Crippen molar-refractivity contribution in [2.45, 2.75) is 5.92 Å². The van der Waals surface area contributed by atoms with Gasteiger partial charge >= 0.3 is 0 Å². The maximum Gasteiger partial charge on any atom is 0.271 e. The molecule has 1 atom stereocenters. The second kappa shape index (κ2) is 8.00. The Kier molecular flexibility index (Phi) is 5.28. The number of hydrogen-bond donors (Lipinski definition) is 2. The quantitative estimate of drug-likeness (QED) is 0.494. The van der Waals surface area contributed by atoms with E-state index in [9.17, 15) is 4.79 Å². The van der Waals surface area contributed by atoms with E-state index < -0.39 is 0 Å². The molecule has 5 nitrogen and oxygen atoms in total. The number of aromatic amines is 1. The Morgan fingerprint density at radius 3 is 2.75 bits per heavy atom. The van der Waals surface area contributed by atoms with E-state index >= 15 is 0 Å². The van der Waals surface area contributed by atoms with Gasteiger partial charge < -0.3 is 10.3 Å². The Bertz CT molecular complexity index is 1130. The van der Waals surface area contributed by atoms with Crippen LogP contribution >= 0.6 is 23.2 Å². The molecule has 0 fully saturated rings. The minimum absolute atomic E-state index is 0.165. The Balaban J connectivity index is 1.70. The van der Waals surface area contributed by atoms with Gasteiger partial charge in [-0.1, -0.05) is 47.5 Å². The molecule has 2 heterocycles. The van der Waals surface area contributed by atoms with Crippen molar-refractivity contribution in [3.8, 4) is 0 Å². The molecule has 0 saturated carbocycles. The van der Waals surface area contributed by atoms with Gasteiger partial charge in [0.05, 0.1) is 6.20 Å². The highest BCUT2D eigenvalue weighted by atomic mass is 35.5. The molecule has 2 aromatic heterocycles. The van der Waals surface area contributed by atoms with Gasteiger partial charge in [-0.15, -0.1) is 0 Å². The number of H-pyrrole nitrogens is 1. The normalized spacial score (nSPS) is 12.1. The molecule has 7 heteroatoms. The largest absolute Gasteiger partial charge is 0.361 e. The fourth-order valence-corrected chi connectivity index (χ4v) is 3.80. The summed E-state index contributed by atoms with van der Waals surface area (Å²) in [6.07, 6.45) is 6.40. The van der Waals surface area contributed by atoms with E-state index in [0.29, 0.717) is 16.6 Å². The van der Waals surface area contributed by atoms with Gasteiger partial charge in [0, 0.05) is 52.0 Å². The van der Waals surface area contributed by atoms with Crippen molar-refractivity contribution in [1.29, 1.82) is 0 Å². The van der Waals surface area contributed by atoms with Crippen molar-refractivity contribution in [2.24, 2.45) is 0 Å². The third kappa shape index (κ3) is 3.72. The fourth-order valence-electron chi connectivity index (χ4n) is 3.26. The van der Waals surface area contributed by atoms with Gasteiger partial charge in [0.25, 0.3) is 5.91 Å². The number of rotatable bonds is 5. The first-order valence-electron chi connectivity index (χ1n) is 8.68. The van der Waals surface area contributed by atoms with Crippen molar-refractivity contribution in [2.75, 3.05) is 6.54 Å². The highest BCUT2D eigenvalue weighted by molar-refractivity contribution is 6.35. The van der Waals surface area contributed by atoms with Crippen molar-refractivity contribution in [3.05, 3.63) is 94.1 Å². The smallest absolute Gasteiger partial charge is 0.271 e.